The van der Waals surface area contributed by atoms with Crippen LogP contribution in [0, 0.1) is 11.3 Å². The lowest BCUT2D eigenvalue weighted by Crippen LogP contribution is -2.31. The average molecular weight is 294 g/mol. The molecule has 0 fully saturated rings. The number of nitriles is 1. The first kappa shape index (κ1) is 14.8. The van der Waals surface area contributed by atoms with Crippen molar-refractivity contribution in [3.05, 3.63) is 52.6 Å². The van der Waals surface area contributed by atoms with Gasteiger partial charge in [0.05, 0.1) is 17.3 Å². The lowest BCUT2D eigenvalue weighted by atomic mass is 10.1. The highest BCUT2D eigenvalue weighted by Gasteiger charge is 2.23. The number of hydrogen-bond acceptors (Lipinski definition) is 3. The van der Waals surface area contributed by atoms with Gasteiger partial charge < -0.3 is 4.57 Å². The third-order valence-electron chi connectivity index (χ3n) is 4.42. The normalized spacial score (nSPS) is 14.9. The van der Waals surface area contributed by atoms with Gasteiger partial charge in [-0.3, -0.25) is 4.90 Å². The minimum absolute atomic E-state index is 0.448. The Labute approximate surface area is 132 Å². The van der Waals surface area contributed by atoms with Gasteiger partial charge in [0.2, 0.25) is 0 Å². The third-order valence-corrected chi connectivity index (χ3v) is 4.42. The molecule has 22 heavy (non-hydrogen) atoms. The minimum Gasteiger partial charge on any atom is -0.335 e. The molecule has 0 bridgehead atoms. The van der Waals surface area contributed by atoms with E-state index in [2.05, 4.69) is 36.4 Å². The van der Waals surface area contributed by atoms with Crippen molar-refractivity contribution in [2.24, 2.45) is 7.05 Å². The maximum atomic E-state index is 9.22. The van der Waals surface area contributed by atoms with Crippen molar-refractivity contribution in [1.29, 1.82) is 5.26 Å². The molecule has 0 unspecified atom stereocenters. The Morgan fingerprint density at radius 1 is 1.32 bits per heavy atom. The predicted octanol–water partition coefficient (Wildman–Crippen LogP) is 2.97. The van der Waals surface area contributed by atoms with Crippen molar-refractivity contribution in [3.63, 3.8) is 0 Å². The van der Waals surface area contributed by atoms with Gasteiger partial charge in [-0.2, -0.15) is 5.26 Å². The second-order valence-electron chi connectivity index (χ2n) is 6.31. The summed E-state index contributed by atoms with van der Waals surface area (Å²) in [5.74, 6) is 1.62. The van der Waals surface area contributed by atoms with Gasteiger partial charge in [0, 0.05) is 44.7 Å². The summed E-state index contributed by atoms with van der Waals surface area (Å²) in [6.07, 6.45) is 1.03. The summed E-state index contributed by atoms with van der Waals surface area (Å²) in [5, 5.41) is 9.22. The van der Waals surface area contributed by atoms with Crippen molar-refractivity contribution in [2.75, 3.05) is 6.54 Å². The van der Waals surface area contributed by atoms with Crippen molar-refractivity contribution in [1.82, 2.24) is 14.5 Å². The van der Waals surface area contributed by atoms with Crippen LogP contribution in [-0.4, -0.2) is 21.0 Å². The Bertz CT molecular complexity index is 721. The zero-order valence-corrected chi connectivity index (χ0v) is 13.5. The second kappa shape index (κ2) is 5.94. The molecule has 4 nitrogen and oxygen atoms in total. The van der Waals surface area contributed by atoms with Crippen molar-refractivity contribution < 1.29 is 0 Å². The fraction of sp³-hybridized carbons (Fsp3) is 0.444. The Morgan fingerprint density at radius 2 is 2.09 bits per heavy atom. The van der Waals surface area contributed by atoms with Gasteiger partial charge in [-0.1, -0.05) is 32.0 Å². The van der Waals surface area contributed by atoms with E-state index in [-0.39, 0.29) is 0 Å². The molecule has 0 atom stereocenters. The highest BCUT2D eigenvalue weighted by atomic mass is 15.2. The van der Waals surface area contributed by atoms with Crippen LogP contribution in [0.25, 0.3) is 0 Å². The number of aromatic nitrogens is 2. The Morgan fingerprint density at radius 3 is 2.82 bits per heavy atom. The molecule has 0 saturated carbocycles. The quantitative estimate of drug-likeness (QED) is 0.874. The first-order valence-electron chi connectivity index (χ1n) is 7.85. The first-order chi connectivity index (χ1) is 10.6. The summed E-state index contributed by atoms with van der Waals surface area (Å²) in [6.45, 7) is 7.08. The summed E-state index contributed by atoms with van der Waals surface area (Å²) in [7, 11) is 2.13. The monoisotopic (exact) mass is 294 g/mol. The number of imidazole rings is 1. The topological polar surface area (TPSA) is 44.9 Å². The Kier molecular flexibility index (Phi) is 4.00. The molecule has 1 aromatic heterocycles. The van der Waals surface area contributed by atoms with Crippen LogP contribution in [0.3, 0.4) is 0 Å². The van der Waals surface area contributed by atoms with Crippen molar-refractivity contribution >= 4 is 0 Å². The van der Waals surface area contributed by atoms with Crippen LogP contribution in [0.4, 0.5) is 0 Å². The van der Waals surface area contributed by atoms with E-state index < -0.39 is 0 Å². The fourth-order valence-electron chi connectivity index (χ4n) is 3.26. The fourth-order valence-corrected chi connectivity index (χ4v) is 3.26. The lowest BCUT2D eigenvalue weighted by molar-refractivity contribution is 0.240. The average Bonchev–Trinajstić information content (AvgIpc) is 2.85. The van der Waals surface area contributed by atoms with Crippen LogP contribution in [-0.2, 0) is 26.6 Å². The third kappa shape index (κ3) is 2.65. The molecule has 2 aromatic rings. The molecule has 3 rings (SSSR count). The van der Waals surface area contributed by atoms with Gasteiger partial charge in [0.1, 0.15) is 5.82 Å². The number of nitrogens with zero attached hydrogens (tertiary/aromatic N) is 4. The molecule has 4 heteroatoms. The molecular weight excluding hydrogens is 272 g/mol. The van der Waals surface area contributed by atoms with Crippen LogP contribution in [0.5, 0.6) is 0 Å². The van der Waals surface area contributed by atoms with E-state index in [4.69, 9.17) is 4.98 Å². The molecule has 0 radical (unpaired) electrons. The van der Waals surface area contributed by atoms with E-state index >= 15 is 0 Å². The van der Waals surface area contributed by atoms with Gasteiger partial charge in [-0.25, -0.2) is 4.98 Å². The molecule has 1 aliphatic rings. The predicted molar refractivity (Wildman–Crippen MR) is 86.3 cm³/mol. The summed E-state index contributed by atoms with van der Waals surface area (Å²) >= 11 is 0. The van der Waals surface area contributed by atoms with Gasteiger partial charge in [-0.15, -0.1) is 0 Å². The van der Waals surface area contributed by atoms with E-state index in [0.29, 0.717) is 5.92 Å². The van der Waals surface area contributed by atoms with E-state index in [1.165, 1.54) is 17.2 Å². The van der Waals surface area contributed by atoms with Crippen molar-refractivity contribution in [3.8, 4) is 6.07 Å². The number of benzene rings is 1. The molecule has 1 aromatic carbocycles. The van der Waals surface area contributed by atoms with Gasteiger partial charge in [-0.05, 0) is 11.6 Å². The molecule has 114 valence electrons. The molecule has 0 spiro atoms. The lowest BCUT2D eigenvalue weighted by Gasteiger charge is -2.26. The number of fused-ring (bicyclic) bond motifs is 1. The summed E-state index contributed by atoms with van der Waals surface area (Å²) in [4.78, 5) is 7.23. The highest BCUT2D eigenvalue weighted by Crippen LogP contribution is 2.24. The van der Waals surface area contributed by atoms with Gasteiger partial charge in [0.25, 0.3) is 0 Å². The zero-order chi connectivity index (χ0) is 15.7. The number of rotatable bonds is 3. The smallest absolute Gasteiger partial charge is 0.111 e. The van der Waals surface area contributed by atoms with E-state index in [1.54, 1.807) is 0 Å². The number of hydrogen-bond donors (Lipinski definition) is 0. The van der Waals surface area contributed by atoms with Crippen molar-refractivity contribution in [2.45, 2.75) is 39.3 Å². The molecule has 0 amide bonds. The van der Waals surface area contributed by atoms with E-state index in [0.717, 1.165) is 37.2 Å². The molecule has 0 saturated heterocycles. The standard InChI is InChI=1S/C18H22N4/c1-13(2)18-20-16-12-22(9-8-17(16)21(18)3)11-15-7-5-4-6-14(15)10-19/h4-7,13H,8-9,11-12H2,1-3H3. The Balaban J connectivity index is 1.80. The molecule has 0 aliphatic carbocycles. The molecule has 2 heterocycles. The zero-order valence-electron chi connectivity index (χ0n) is 13.5. The van der Waals surface area contributed by atoms with Gasteiger partial charge >= 0.3 is 0 Å². The summed E-state index contributed by atoms with van der Waals surface area (Å²) in [6, 6.07) is 10.1. The summed E-state index contributed by atoms with van der Waals surface area (Å²) in [5.41, 5.74) is 4.45. The SMILES string of the molecule is CC(C)c1nc2c(n1C)CCN(Cc1ccccc1C#N)C2. The van der Waals surface area contributed by atoms with E-state index in [1.807, 2.05) is 24.3 Å². The second-order valence-corrected chi connectivity index (χ2v) is 6.31. The maximum Gasteiger partial charge on any atom is 0.111 e. The van der Waals surface area contributed by atoms with Gasteiger partial charge in [0.15, 0.2) is 0 Å². The Hall–Kier alpha value is -2.12. The highest BCUT2D eigenvalue weighted by molar-refractivity contribution is 5.37. The molecule has 0 N–H and O–H groups in total. The minimum atomic E-state index is 0.448. The summed E-state index contributed by atoms with van der Waals surface area (Å²) < 4.78 is 2.26. The van der Waals surface area contributed by atoms with Crippen LogP contribution in [0.1, 0.15) is 48.1 Å². The van der Waals surface area contributed by atoms with Crippen LogP contribution in [0.15, 0.2) is 24.3 Å². The van der Waals surface area contributed by atoms with Crippen LogP contribution >= 0.6 is 0 Å². The van der Waals surface area contributed by atoms with Crippen LogP contribution in [0.2, 0.25) is 0 Å². The molecule has 1 aliphatic heterocycles. The van der Waals surface area contributed by atoms with E-state index in [9.17, 15) is 5.26 Å². The van der Waals surface area contributed by atoms with Crippen LogP contribution < -0.4 is 0 Å². The maximum absolute atomic E-state index is 9.22. The molecular formula is C18H22N4. The first-order valence-corrected chi connectivity index (χ1v) is 7.85. The largest absolute Gasteiger partial charge is 0.335 e.